The minimum absolute atomic E-state index is 0.0836. The van der Waals surface area contributed by atoms with Crippen molar-refractivity contribution in [3.63, 3.8) is 0 Å². The first-order valence-electron chi connectivity index (χ1n) is 8.91. The lowest BCUT2D eigenvalue weighted by Gasteiger charge is -2.09. The first kappa shape index (κ1) is 17.8. The van der Waals surface area contributed by atoms with E-state index in [9.17, 15) is 4.79 Å². The highest BCUT2D eigenvalue weighted by molar-refractivity contribution is 7.99. The zero-order valence-corrected chi connectivity index (χ0v) is 16.4. The summed E-state index contributed by atoms with van der Waals surface area (Å²) in [6.45, 7) is 4.40. The Labute approximate surface area is 161 Å². The molecule has 1 saturated carbocycles. The molecule has 27 heavy (non-hydrogen) atoms. The minimum atomic E-state index is -0.0836. The van der Waals surface area contributed by atoms with Crippen LogP contribution >= 0.6 is 11.8 Å². The van der Waals surface area contributed by atoms with E-state index >= 15 is 0 Å². The summed E-state index contributed by atoms with van der Waals surface area (Å²) in [6.07, 6.45) is 3.94. The molecule has 0 unspecified atom stereocenters. The molecule has 0 bridgehead atoms. The highest BCUT2D eigenvalue weighted by Gasteiger charge is 2.30. The first-order valence-corrected chi connectivity index (χ1v) is 9.90. The Hall–Kier alpha value is -2.55. The molecule has 0 aliphatic heterocycles. The second-order valence-corrected chi connectivity index (χ2v) is 7.73. The van der Waals surface area contributed by atoms with Crippen LogP contribution in [0.25, 0.3) is 0 Å². The number of thioether (sulfide) groups is 1. The Bertz CT molecular complexity index is 955. The fourth-order valence-corrected chi connectivity index (χ4v) is 3.76. The zero-order chi connectivity index (χ0) is 19.0. The van der Waals surface area contributed by atoms with Crippen LogP contribution in [0.5, 0.6) is 0 Å². The molecule has 0 radical (unpaired) electrons. The number of carbonyl (C=O) groups excluding carboxylic acids is 1. The number of amides is 1. The molecule has 1 N–H and O–H groups in total. The maximum absolute atomic E-state index is 12.4. The third kappa shape index (κ3) is 3.78. The lowest BCUT2D eigenvalue weighted by Crippen LogP contribution is -2.16. The van der Waals surface area contributed by atoms with Gasteiger partial charge in [-0.1, -0.05) is 11.8 Å². The van der Waals surface area contributed by atoms with E-state index in [0.717, 1.165) is 46.7 Å². The molecule has 1 amide bonds. The number of anilines is 1. The van der Waals surface area contributed by atoms with Gasteiger partial charge in [-0.3, -0.25) is 14.0 Å². The summed E-state index contributed by atoms with van der Waals surface area (Å²) in [5.74, 6) is 2.48. The Balaban J connectivity index is 1.45. The molecule has 3 aromatic heterocycles. The highest BCUT2D eigenvalue weighted by atomic mass is 32.2. The summed E-state index contributed by atoms with van der Waals surface area (Å²) in [7, 11) is 1.86. The number of rotatable bonds is 7. The van der Waals surface area contributed by atoms with Crippen molar-refractivity contribution in [3.05, 3.63) is 41.4 Å². The average molecular weight is 386 g/mol. The van der Waals surface area contributed by atoms with E-state index in [-0.39, 0.29) is 11.7 Å². The molecule has 0 aromatic carbocycles. The summed E-state index contributed by atoms with van der Waals surface area (Å²) < 4.78 is 9.30. The number of carbonyl (C=O) groups is 1. The lowest BCUT2D eigenvalue weighted by molar-refractivity contribution is -0.113. The molecule has 0 atom stereocenters. The van der Waals surface area contributed by atoms with Crippen LogP contribution in [-0.4, -0.2) is 36.2 Å². The Morgan fingerprint density at radius 3 is 2.81 bits per heavy atom. The second kappa shape index (κ2) is 7.22. The van der Waals surface area contributed by atoms with Crippen LogP contribution in [0.3, 0.4) is 0 Å². The van der Waals surface area contributed by atoms with Crippen LogP contribution in [0.2, 0.25) is 0 Å². The van der Waals surface area contributed by atoms with Crippen molar-refractivity contribution in [2.24, 2.45) is 7.05 Å². The summed E-state index contributed by atoms with van der Waals surface area (Å²) in [5, 5.41) is 16.7. The van der Waals surface area contributed by atoms with E-state index in [1.807, 2.05) is 33.0 Å². The summed E-state index contributed by atoms with van der Waals surface area (Å²) in [5.41, 5.74) is 2.52. The molecular formula is C18H22N6O2S. The van der Waals surface area contributed by atoms with E-state index in [0.29, 0.717) is 12.5 Å². The van der Waals surface area contributed by atoms with Gasteiger partial charge in [0.05, 0.1) is 35.6 Å². The van der Waals surface area contributed by atoms with Crippen molar-refractivity contribution < 1.29 is 9.21 Å². The third-order valence-corrected chi connectivity index (χ3v) is 5.65. The summed E-state index contributed by atoms with van der Waals surface area (Å²) in [4.78, 5) is 12.4. The van der Waals surface area contributed by atoms with Crippen LogP contribution in [0, 0.1) is 13.8 Å². The average Bonchev–Trinajstić information content (AvgIpc) is 3.12. The van der Waals surface area contributed by atoms with E-state index in [2.05, 4.69) is 25.2 Å². The van der Waals surface area contributed by atoms with Gasteiger partial charge in [0.25, 0.3) is 0 Å². The highest BCUT2D eigenvalue weighted by Crippen LogP contribution is 2.40. The monoisotopic (exact) mass is 386 g/mol. The van der Waals surface area contributed by atoms with Crippen molar-refractivity contribution >= 4 is 23.4 Å². The third-order valence-electron chi connectivity index (χ3n) is 4.69. The molecule has 3 aromatic rings. The van der Waals surface area contributed by atoms with Crippen LogP contribution in [0.4, 0.5) is 5.69 Å². The zero-order valence-electron chi connectivity index (χ0n) is 15.6. The predicted molar refractivity (Wildman–Crippen MR) is 102 cm³/mol. The number of hydrogen-bond acceptors (Lipinski definition) is 6. The number of aryl methyl sites for hydroxylation is 2. The van der Waals surface area contributed by atoms with Crippen LogP contribution in [0.1, 0.15) is 41.7 Å². The molecule has 9 heteroatoms. The summed E-state index contributed by atoms with van der Waals surface area (Å²) >= 11 is 1.39. The molecule has 3 heterocycles. The largest absolute Gasteiger partial charge is 0.467 e. The van der Waals surface area contributed by atoms with Gasteiger partial charge in [0.2, 0.25) is 5.91 Å². The van der Waals surface area contributed by atoms with Crippen molar-refractivity contribution in [2.45, 2.75) is 44.3 Å². The van der Waals surface area contributed by atoms with E-state index in [4.69, 9.17) is 4.42 Å². The predicted octanol–water partition coefficient (Wildman–Crippen LogP) is 2.88. The van der Waals surface area contributed by atoms with Gasteiger partial charge in [0.1, 0.15) is 11.6 Å². The van der Waals surface area contributed by atoms with Crippen LogP contribution in [0.15, 0.2) is 28.0 Å². The van der Waals surface area contributed by atoms with Crippen molar-refractivity contribution in [2.75, 3.05) is 11.1 Å². The number of hydrogen-bond donors (Lipinski definition) is 1. The fourth-order valence-electron chi connectivity index (χ4n) is 3.02. The van der Waals surface area contributed by atoms with Gasteiger partial charge in [-0.2, -0.15) is 5.10 Å². The van der Waals surface area contributed by atoms with E-state index in [1.54, 1.807) is 10.9 Å². The van der Waals surface area contributed by atoms with Crippen molar-refractivity contribution in [1.29, 1.82) is 0 Å². The van der Waals surface area contributed by atoms with Crippen molar-refractivity contribution in [3.8, 4) is 0 Å². The van der Waals surface area contributed by atoms with Gasteiger partial charge < -0.3 is 9.73 Å². The maximum atomic E-state index is 12.4. The molecule has 1 aliphatic rings. The standard InChI is InChI=1S/C18H22N6O2S/c1-11-16(12(2)23(3)22-11)19-15(25)10-27-18-21-20-17(13-6-7-13)24(18)9-14-5-4-8-26-14/h4-5,8,13H,6-7,9-10H2,1-3H3,(H,19,25). The fraction of sp³-hybridized carbons (Fsp3) is 0.444. The van der Waals surface area contributed by atoms with E-state index in [1.165, 1.54) is 11.8 Å². The van der Waals surface area contributed by atoms with Crippen LogP contribution < -0.4 is 5.32 Å². The molecular weight excluding hydrogens is 364 g/mol. The number of aromatic nitrogens is 5. The quantitative estimate of drug-likeness (QED) is 0.628. The summed E-state index contributed by atoms with van der Waals surface area (Å²) in [6, 6.07) is 3.81. The molecule has 0 spiro atoms. The topological polar surface area (TPSA) is 90.8 Å². The number of nitrogens with one attached hydrogen (secondary N) is 1. The van der Waals surface area contributed by atoms with Crippen LogP contribution in [-0.2, 0) is 18.4 Å². The molecule has 1 aliphatic carbocycles. The van der Waals surface area contributed by atoms with E-state index < -0.39 is 0 Å². The van der Waals surface area contributed by atoms with Crippen molar-refractivity contribution in [1.82, 2.24) is 24.5 Å². The maximum Gasteiger partial charge on any atom is 0.234 e. The molecule has 0 saturated heterocycles. The molecule has 4 rings (SSSR count). The Kier molecular flexibility index (Phi) is 4.77. The minimum Gasteiger partial charge on any atom is -0.467 e. The Morgan fingerprint density at radius 2 is 2.19 bits per heavy atom. The SMILES string of the molecule is Cc1nn(C)c(C)c1NC(=O)CSc1nnc(C2CC2)n1Cc1ccco1. The molecule has 1 fully saturated rings. The Morgan fingerprint density at radius 1 is 1.37 bits per heavy atom. The molecule has 8 nitrogen and oxygen atoms in total. The normalized spacial score (nSPS) is 13.9. The van der Waals surface area contributed by atoms with Gasteiger partial charge in [0.15, 0.2) is 5.16 Å². The van der Waals surface area contributed by atoms with Gasteiger partial charge in [-0.25, -0.2) is 0 Å². The number of nitrogens with zero attached hydrogens (tertiary/aromatic N) is 5. The molecule has 142 valence electrons. The van der Waals surface area contributed by atoms with Gasteiger partial charge >= 0.3 is 0 Å². The van der Waals surface area contributed by atoms with Gasteiger partial charge in [0, 0.05) is 13.0 Å². The van der Waals surface area contributed by atoms with Gasteiger partial charge in [-0.15, -0.1) is 10.2 Å². The first-order chi connectivity index (χ1) is 13.0. The second-order valence-electron chi connectivity index (χ2n) is 6.79. The van der Waals surface area contributed by atoms with Gasteiger partial charge in [-0.05, 0) is 38.8 Å². The lowest BCUT2D eigenvalue weighted by atomic mass is 10.3. The smallest absolute Gasteiger partial charge is 0.234 e. The number of furan rings is 1.